The number of hydrogen-bond donors (Lipinski definition) is 2. The lowest BCUT2D eigenvalue weighted by Crippen LogP contribution is -2.33. The van der Waals surface area contributed by atoms with Crippen molar-refractivity contribution in [3.05, 3.63) is 28.2 Å². The Morgan fingerprint density at radius 3 is 3.00 bits per heavy atom. The Bertz CT molecular complexity index is 370. The van der Waals surface area contributed by atoms with Gasteiger partial charge in [0.2, 0.25) is 0 Å². The van der Waals surface area contributed by atoms with Crippen LogP contribution in [0.25, 0.3) is 0 Å². The van der Waals surface area contributed by atoms with Gasteiger partial charge in [-0.15, -0.1) is 0 Å². The predicted molar refractivity (Wildman–Crippen MR) is 69.5 cm³/mol. The van der Waals surface area contributed by atoms with E-state index in [1.165, 1.54) is 5.69 Å². The molecule has 0 bridgehead atoms. The summed E-state index contributed by atoms with van der Waals surface area (Å²) in [6, 6.07) is 6.43. The summed E-state index contributed by atoms with van der Waals surface area (Å²) in [7, 11) is 0. The summed E-state index contributed by atoms with van der Waals surface area (Å²) in [6.07, 6.45) is 2.21. The molecule has 3 nitrogen and oxygen atoms in total. The van der Waals surface area contributed by atoms with Gasteiger partial charge < -0.3 is 15.7 Å². The van der Waals surface area contributed by atoms with Crippen LogP contribution < -0.4 is 10.6 Å². The van der Waals surface area contributed by atoms with Crippen molar-refractivity contribution >= 4 is 21.6 Å². The number of anilines is 1. The molecular formula is C12H17BrN2O. The second-order valence-electron chi connectivity index (χ2n) is 4.15. The summed E-state index contributed by atoms with van der Waals surface area (Å²) in [5.74, 6) is 0. The molecule has 4 heteroatoms. The average Bonchev–Trinajstić information content (AvgIpc) is 2.76. The summed E-state index contributed by atoms with van der Waals surface area (Å²) in [6.45, 7) is 1.77. The Hall–Kier alpha value is -0.580. The van der Waals surface area contributed by atoms with E-state index < -0.39 is 0 Å². The number of halogens is 1. The van der Waals surface area contributed by atoms with E-state index in [0.717, 1.165) is 29.4 Å². The number of benzene rings is 1. The first-order valence-electron chi connectivity index (χ1n) is 5.62. The molecule has 0 saturated carbocycles. The molecule has 1 heterocycles. The summed E-state index contributed by atoms with van der Waals surface area (Å²) in [5.41, 5.74) is 8.07. The van der Waals surface area contributed by atoms with E-state index in [9.17, 15) is 5.11 Å². The Balaban J connectivity index is 2.31. The van der Waals surface area contributed by atoms with Gasteiger partial charge in [0.15, 0.2) is 0 Å². The van der Waals surface area contributed by atoms with Crippen LogP contribution in [0.2, 0.25) is 0 Å². The summed E-state index contributed by atoms with van der Waals surface area (Å²) in [4.78, 5) is 2.27. The van der Waals surface area contributed by atoms with Crippen molar-refractivity contribution in [1.29, 1.82) is 0 Å². The van der Waals surface area contributed by atoms with E-state index in [1.54, 1.807) is 0 Å². The van der Waals surface area contributed by atoms with Gasteiger partial charge in [0, 0.05) is 23.2 Å². The SMILES string of the molecule is NCc1cc(Br)ccc1N1CCCC1CO. The molecule has 1 aromatic carbocycles. The van der Waals surface area contributed by atoms with Gasteiger partial charge in [0.25, 0.3) is 0 Å². The third-order valence-corrected chi connectivity index (χ3v) is 3.65. The summed E-state index contributed by atoms with van der Waals surface area (Å²) < 4.78 is 1.05. The average molecular weight is 285 g/mol. The fraction of sp³-hybridized carbons (Fsp3) is 0.500. The van der Waals surface area contributed by atoms with Gasteiger partial charge in [0.05, 0.1) is 12.6 Å². The number of aliphatic hydroxyl groups excluding tert-OH is 1. The smallest absolute Gasteiger partial charge is 0.0635 e. The molecule has 2 rings (SSSR count). The first-order valence-corrected chi connectivity index (χ1v) is 6.41. The maximum absolute atomic E-state index is 9.33. The molecule has 1 aromatic rings. The maximum Gasteiger partial charge on any atom is 0.0635 e. The minimum Gasteiger partial charge on any atom is -0.394 e. The first-order chi connectivity index (χ1) is 7.76. The van der Waals surface area contributed by atoms with E-state index in [1.807, 2.05) is 6.07 Å². The number of nitrogens with two attached hydrogens (primary N) is 1. The van der Waals surface area contributed by atoms with Gasteiger partial charge in [-0.3, -0.25) is 0 Å². The molecule has 3 N–H and O–H groups in total. The largest absolute Gasteiger partial charge is 0.394 e. The summed E-state index contributed by atoms with van der Waals surface area (Å²) in [5, 5.41) is 9.33. The van der Waals surface area contributed by atoms with Gasteiger partial charge >= 0.3 is 0 Å². The highest BCUT2D eigenvalue weighted by Gasteiger charge is 2.25. The lowest BCUT2D eigenvalue weighted by molar-refractivity contribution is 0.266. The number of hydrogen-bond acceptors (Lipinski definition) is 3. The molecule has 1 aliphatic rings. The second kappa shape index (κ2) is 5.17. The molecule has 1 atom stereocenters. The third kappa shape index (κ3) is 2.24. The van der Waals surface area contributed by atoms with Gasteiger partial charge in [-0.05, 0) is 36.6 Å². The van der Waals surface area contributed by atoms with E-state index in [4.69, 9.17) is 5.73 Å². The van der Waals surface area contributed by atoms with Crippen molar-refractivity contribution < 1.29 is 5.11 Å². The Kier molecular flexibility index (Phi) is 3.84. The Morgan fingerprint density at radius 1 is 1.50 bits per heavy atom. The lowest BCUT2D eigenvalue weighted by Gasteiger charge is -2.27. The highest BCUT2D eigenvalue weighted by atomic mass is 79.9. The van der Waals surface area contributed by atoms with Crippen molar-refractivity contribution in [3.8, 4) is 0 Å². The molecule has 0 aromatic heterocycles. The van der Waals surface area contributed by atoms with Crippen molar-refractivity contribution in [1.82, 2.24) is 0 Å². The minimum atomic E-state index is 0.222. The lowest BCUT2D eigenvalue weighted by atomic mass is 10.1. The molecule has 0 amide bonds. The van der Waals surface area contributed by atoms with Crippen molar-refractivity contribution in [2.45, 2.75) is 25.4 Å². The molecular weight excluding hydrogens is 268 g/mol. The van der Waals surface area contributed by atoms with E-state index in [2.05, 4.69) is 33.0 Å². The van der Waals surface area contributed by atoms with Crippen LogP contribution in [0, 0.1) is 0 Å². The Labute approximate surface area is 104 Å². The standard InChI is InChI=1S/C12H17BrN2O/c13-10-3-4-12(9(6-10)7-14)15-5-1-2-11(15)8-16/h3-4,6,11,16H,1-2,5,7-8,14H2. The zero-order chi connectivity index (χ0) is 11.5. The molecule has 0 spiro atoms. The van der Waals surface area contributed by atoms with Crippen LogP contribution >= 0.6 is 15.9 Å². The molecule has 88 valence electrons. The molecule has 1 fully saturated rings. The highest BCUT2D eigenvalue weighted by molar-refractivity contribution is 9.10. The van der Waals surface area contributed by atoms with Crippen LogP contribution in [0.3, 0.4) is 0 Å². The van der Waals surface area contributed by atoms with Gasteiger partial charge in [0.1, 0.15) is 0 Å². The quantitative estimate of drug-likeness (QED) is 0.891. The fourth-order valence-corrected chi connectivity index (χ4v) is 2.75. The number of rotatable bonds is 3. The van der Waals surface area contributed by atoms with Crippen LogP contribution in [-0.2, 0) is 6.54 Å². The van der Waals surface area contributed by atoms with Crippen molar-refractivity contribution in [3.63, 3.8) is 0 Å². The number of aliphatic hydroxyl groups is 1. The zero-order valence-corrected chi connectivity index (χ0v) is 10.8. The highest BCUT2D eigenvalue weighted by Crippen LogP contribution is 2.30. The number of nitrogens with zero attached hydrogens (tertiary/aromatic N) is 1. The maximum atomic E-state index is 9.33. The van der Waals surface area contributed by atoms with Gasteiger partial charge in [-0.2, -0.15) is 0 Å². The Morgan fingerprint density at radius 2 is 2.31 bits per heavy atom. The molecule has 0 aliphatic carbocycles. The predicted octanol–water partition coefficient (Wildman–Crippen LogP) is 1.87. The van der Waals surface area contributed by atoms with Crippen LogP contribution in [0.15, 0.2) is 22.7 Å². The molecule has 1 saturated heterocycles. The second-order valence-corrected chi connectivity index (χ2v) is 5.06. The molecule has 1 aliphatic heterocycles. The topological polar surface area (TPSA) is 49.5 Å². The first kappa shape index (κ1) is 11.9. The summed E-state index contributed by atoms with van der Waals surface area (Å²) >= 11 is 3.45. The van der Waals surface area contributed by atoms with Crippen molar-refractivity contribution in [2.24, 2.45) is 5.73 Å². The van der Waals surface area contributed by atoms with Crippen LogP contribution in [0.1, 0.15) is 18.4 Å². The minimum absolute atomic E-state index is 0.222. The van der Waals surface area contributed by atoms with E-state index in [-0.39, 0.29) is 12.6 Å². The monoisotopic (exact) mass is 284 g/mol. The molecule has 16 heavy (non-hydrogen) atoms. The van der Waals surface area contributed by atoms with Crippen LogP contribution in [0.4, 0.5) is 5.69 Å². The van der Waals surface area contributed by atoms with E-state index in [0.29, 0.717) is 6.54 Å². The molecule has 1 unspecified atom stereocenters. The molecule has 0 radical (unpaired) electrons. The van der Waals surface area contributed by atoms with Gasteiger partial charge in [-0.25, -0.2) is 0 Å². The fourth-order valence-electron chi connectivity index (χ4n) is 2.34. The van der Waals surface area contributed by atoms with Crippen LogP contribution in [-0.4, -0.2) is 24.3 Å². The third-order valence-electron chi connectivity index (χ3n) is 3.16. The van der Waals surface area contributed by atoms with Crippen molar-refractivity contribution in [2.75, 3.05) is 18.1 Å². The van der Waals surface area contributed by atoms with Crippen LogP contribution in [0.5, 0.6) is 0 Å². The van der Waals surface area contributed by atoms with Gasteiger partial charge in [-0.1, -0.05) is 15.9 Å². The zero-order valence-electron chi connectivity index (χ0n) is 9.19. The normalized spacial score (nSPS) is 20.4. The van der Waals surface area contributed by atoms with E-state index >= 15 is 0 Å².